The molecule has 0 aromatic rings. The Morgan fingerprint density at radius 3 is 1.85 bits per heavy atom. The van der Waals surface area contributed by atoms with Gasteiger partial charge in [-0.25, -0.2) is 0 Å². The Balaban J connectivity index is 2.46. The Bertz CT molecular complexity index is 504. The van der Waals surface area contributed by atoms with Crippen LogP contribution in [0.15, 0.2) is 0 Å². The predicted octanol–water partition coefficient (Wildman–Crippen LogP) is 4.66. The zero-order valence-electron chi connectivity index (χ0n) is 17.4. The van der Waals surface area contributed by atoms with Crippen molar-refractivity contribution in [3.63, 3.8) is 0 Å². The van der Waals surface area contributed by atoms with Gasteiger partial charge < -0.3 is 5.11 Å². The van der Waals surface area contributed by atoms with Gasteiger partial charge >= 0.3 is 0 Å². The van der Waals surface area contributed by atoms with Crippen molar-refractivity contribution >= 4 is 17.3 Å². The van der Waals surface area contributed by atoms with Crippen molar-refractivity contribution in [1.29, 1.82) is 0 Å². The SMILES string of the molecule is CCCCCCCCCCCC(=O)C1C(=O)C(C)(C)C(=O)C(C)(C)C1O. The van der Waals surface area contributed by atoms with Crippen molar-refractivity contribution in [2.24, 2.45) is 16.7 Å². The highest BCUT2D eigenvalue weighted by Crippen LogP contribution is 2.44. The van der Waals surface area contributed by atoms with E-state index in [0.717, 1.165) is 19.3 Å². The van der Waals surface area contributed by atoms with E-state index in [-0.39, 0.29) is 11.6 Å². The quantitative estimate of drug-likeness (QED) is 0.426. The third-order valence-corrected chi connectivity index (χ3v) is 5.98. The number of aliphatic hydroxyl groups excluding tert-OH is 1. The van der Waals surface area contributed by atoms with Crippen LogP contribution in [-0.2, 0) is 14.4 Å². The number of hydrogen-bond donors (Lipinski definition) is 1. The molecule has 0 aliphatic heterocycles. The summed E-state index contributed by atoms with van der Waals surface area (Å²) in [6.45, 7) is 8.62. The van der Waals surface area contributed by atoms with Gasteiger partial charge in [0, 0.05) is 6.42 Å². The van der Waals surface area contributed by atoms with Crippen molar-refractivity contribution in [2.75, 3.05) is 0 Å². The first-order chi connectivity index (χ1) is 12.1. The molecule has 1 N–H and O–H groups in total. The fourth-order valence-electron chi connectivity index (χ4n) is 4.09. The van der Waals surface area contributed by atoms with Gasteiger partial charge in [-0.05, 0) is 20.3 Å². The molecule has 4 nitrogen and oxygen atoms in total. The van der Waals surface area contributed by atoms with Crippen LogP contribution in [0.2, 0.25) is 0 Å². The van der Waals surface area contributed by atoms with Gasteiger partial charge in [0.15, 0.2) is 11.6 Å². The van der Waals surface area contributed by atoms with Gasteiger partial charge in [0.25, 0.3) is 0 Å². The first kappa shape index (κ1) is 23.0. The maximum Gasteiger partial charge on any atom is 0.158 e. The standard InChI is InChI=1S/C22H38O4/c1-6-7-8-9-10-11-12-13-14-15-16(23)17-18(24)21(2,3)20(26)22(4,5)19(17)25/h17-18,24H,6-15H2,1-5H3. The van der Waals surface area contributed by atoms with Crippen LogP contribution in [0.1, 0.15) is 98.8 Å². The van der Waals surface area contributed by atoms with E-state index in [4.69, 9.17) is 0 Å². The first-order valence-electron chi connectivity index (χ1n) is 10.4. The summed E-state index contributed by atoms with van der Waals surface area (Å²) in [6.07, 6.45) is 9.52. The van der Waals surface area contributed by atoms with Crippen molar-refractivity contribution in [3.8, 4) is 0 Å². The smallest absolute Gasteiger partial charge is 0.158 e. The Morgan fingerprint density at radius 1 is 0.885 bits per heavy atom. The second-order valence-electron chi connectivity index (χ2n) is 9.01. The van der Waals surface area contributed by atoms with Crippen LogP contribution in [0.3, 0.4) is 0 Å². The second kappa shape index (κ2) is 9.77. The van der Waals surface area contributed by atoms with Crippen molar-refractivity contribution in [2.45, 2.75) is 105 Å². The summed E-state index contributed by atoms with van der Waals surface area (Å²) >= 11 is 0. The van der Waals surface area contributed by atoms with Crippen LogP contribution in [0.25, 0.3) is 0 Å². The number of ketones is 3. The minimum absolute atomic E-state index is 0.209. The fourth-order valence-corrected chi connectivity index (χ4v) is 4.09. The van der Waals surface area contributed by atoms with Crippen molar-refractivity contribution in [1.82, 2.24) is 0 Å². The monoisotopic (exact) mass is 366 g/mol. The van der Waals surface area contributed by atoms with E-state index in [1.165, 1.54) is 38.5 Å². The number of carbonyl (C=O) groups excluding carboxylic acids is 3. The first-order valence-corrected chi connectivity index (χ1v) is 10.4. The number of hydrogen-bond acceptors (Lipinski definition) is 4. The molecule has 2 atom stereocenters. The molecule has 4 heteroatoms. The van der Waals surface area contributed by atoms with E-state index in [1.54, 1.807) is 27.7 Å². The van der Waals surface area contributed by atoms with Crippen LogP contribution < -0.4 is 0 Å². The summed E-state index contributed by atoms with van der Waals surface area (Å²) in [5.41, 5.74) is -2.28. The van der Waals surface area contributed by atoms with E-state index < -0.39 is 28.6 Å². The second-order valence-corrected chi connectivity index (χ2v) is 9.01. The van der Waals surface area contributed by atoms with E-state index >= 15 is 0 Å². The molecular weight excluding hydrogens is 328 g/mol. The molecule has 1 fully saturated rings. The third-order valence-electron chi connectivity index (χ3n) is 5.98. The highest BCUT2D eigenvalue weighted by molar-refractivity contribution is 6.18. The summed E-state index contributed by atoms with van der Waals surface area (Å²) in [5, 5.41) is 10.5. The van der Waals surface area contributed by atoms with Gasteiger partial charge in [0.1, 0.15) is 11.7 Å². The molecule has 1 saturated carbocycles. The van der Waals surface area contributed by atoms with E-state index in [1.807, 2.05) is 0 Å². The zero-order valence-corrected chi connectivity index (χ0v) is 17.4. The number of rotatable bonds is 11. The molecule has 1 aliphatic rings. The lowest BCUT2D eigenvalue weighted by Crippen LogP contribution is -2.61. The lowest BCUT2D eigenvalue weighted by Gasteiger charge is -2.45. The van der Waals surface area contributed by atoms with Crippen molar-refractivity contribution in [3.05, 3.63) is 0 Å². The molecule has 0 spiro atoms. The summed E-state index contributed by atoms with van der Waals surface area (Å²) in [6, 6.07) is 0. The number of aliphatic hydroxyl groups is 1. The molecule has 0 saturated heterocycles. The molecule has 0 aromatic carbocycles. The Hall–Kier alpha value is -1.03. The van der Waals surface area contributed by atoms with Crippen LogP contribution in [0.5, 0.6) is 0 Å². The Kier molecular flexibility index (Phi) is 8.65. The number of unbranched alkanes of at least 4 members (excludes halogenated alkanes) is 8. The lowest BCUT2D eigenvalue weighted by molar-refractivity contribution is -0.167. The van der Waals surface area contributed by atoms with Gasteiger partial charge in [-0.15, -0.1) is 0 Å². The molecule has 1 aliphatic carbocycles. The molecule has 0 bridgehead atoms. The average molecular weight is 367 g/mol. The van der Waals surface area contributed by atoms with Gasteiger partial charge in [0.2, 0.25) is 0 Å². The highest BCUT2D eigenvalue weighted by atomic mass is 16.3. The number of Topliss-reactive ketones (excluding diaryl/α,β-unsaturated/α-hetero) is 3. The highest BCUT2D eigenvalue weighted by Gasteiger charge is 2.59. The minimum atomic E-state index is -1.22. The summed E-state index contributed by atoms with van der Waals surface area (Å²) < 4.78 is 0. The summed E-state index contributed by atoms with van der Waals surface area (Å²) in [7, 11) is 0. The average Bonchev–Trinajstić information content (AvgIpc) is 2.58. The largest absolute Gasteiger partial charge is 0.391 e. The van der Waals surface area contributed by atoms with Gasteiger partial charge in [0.05, 0.1) is 16.9 Å². The molecule has 1 rings (SSSR count). The maximum absolute atomic E-state index is 12.7. The van der Waals surface area contributed by atoms with Crippen molar-refractivity contribution < 1.29 is 19.5 Å². The molecular formula is C22H38O4. The molecule has 2 unspecified atom stereocenters. The number of carbonyl (C=O) groups is 3. The molecule has 150 valence electrons. The predicted molar refractivity (Wildman–Crippen MR) is 104 cm³/mol. The minimum Gasteiger partial charge on any atom is -0.391 e. The zero-order chi connectivity index (χ0) is 20.0. The van der Waals surface area contributed by atoms with E-state index in [2.05, 4.69) is 6.92 Å². The van der Waals surface area contributed by atoms with Crippen LogP contribution in [0, 0.1) is 16.7 Å². The van der Waals surface area contributed by atoms with Gasteiger partial charge in [-0.2, -0.15) is 0 Å². The third kappa shape index (κ3) is 5.25. The normalized spacial score (nSPS) is 24.7. The van der Waals surface area contributed by atoms with E-state index in [0.29, 0.717) is 6.42 Å². The van der Waals surface area contributed by atoms with Gasteiger partial charge in [-0.3, -0.25) is 14.4 Å². The van der Waals surface area contributed by atoms with Gasteiger partial charge in [-0.1, -0.05) is 72.1 Å². The topological polar surface area (TPSA) is 71.4 Å². The Morgan fingerprint density at radius 2 is 1.35 bits per heavy atom. The fraction of sp³-hybridized carbons (Fsp3) is 0.864. The molecule has 26 heavy (non-hydrogen) atoms. The van der Waals surface area contributed by atoms with Crippen LogP contribution >= 0.6 is 0 Å². The summed E-state index contributed by atoms with van der Waals surface area (Å²) in [5.74, 6) is -1.98. The summed E-state index contributed by atoms with van der Waals surface area (Å²) in [4.78, 5) is 37.8. The molecule has 0 amide bonds. The van der Waals surface area contributed by atoms with Crippen LogP contribution in [-0.4, -0.2) is 28.6 Å². The lowest BCUT2D eigenvalue weighted by atomic mass is 9.57. The molecule has 0 aromatic heterocycles. The molecule has 0 heterocycles. The van der Waals surface area contributed by atoms with Crippen LogP contribution in [0.4, 0.5) is 0 Å². The van der Waals surface area contributed by atoms with E-state index in [9.17, 15) is 19.5 Å². The maximum atomic E-state index is 12.7. The Labute approximate surface area is 159 Å². The molecule has 0 radical (unpaired) electrons.